The third-order valence-electron chi connectivity index (χ3n) is 3.71. The van der Waals surface area contributed by atoms with Crippen LogP contribution in [0.2, 0.25) is 0 Å². The molecule has 3 heteroatoms. The highest BCUT2D eigenvalue weighted by atomic mass is 16.7. The van der Waals surface area contributed by atoms with Crippen molar-refractivity contribution in [3.63, 3.8) is 0 Å². The fourth-order valence-corrected chi connectivity index (χ4v) is 2.53. The minimum atomic E-state index is -0.377. The van der Waals surface area contributed by atoms with Crippen molar-refractivity contribution in [3.8, 4) is 0 Å². The molecule has 1 aliphatic carbocycles. The van der Waals surface area contributed by atoms with Crippen molar-refractivity contribution in [2.75, 3.05) is 14.2 Å². The molecule has 0 heterocycles. The molecule has 2 atom stereocenters. The van der Waals surface area contributed by atoms with Gasteiger partial charge in [0.2, 0.25) is 0 Å². The lowest BCUT2D eigenvalue weighted by Crippen LogP contribution is -2.39. The molecule has 0 radical (unpaired) electrons. The summed E-state index contributed by atoms with van der Waals surface area (Å²) in [6.07, 6.45) is 2.17. The van der Waals surface area contributed by atoms with Gasteiger partial charge < -0.3 is 9.47 Å². The molecule has 0 aromatic rings. The lowest BCUT2D eigenvalue weighted by atomic mass is 9.68. The Morgan fingerprint density at radius 2 is 1.81 bits per heavy atom. The van der Waals surface area contributed by atoms with E-state index in [2.05, 4.69) is 20.8 Å². The minimum Gasteiger partial charge on any atom is -0.355 e. The van der Waals surface area contributed by atoms with Gasteiger partial charge in [0.15, 0.2) is 6.29 Å². The Labute approximate surface area is 98.5 Å². The van der Waals surface area contributed by atoms with Crippen molar-refractivity contribution in [2.45, 2.75) is 46.3 Å². The zero-order valence-electron chi connectivity index (χ0n) is 11.1. The summed E-state index contributed by atoms with van der Waals surface area (Å²) in [5.41, 5.74) is 0.255. The molecule has 0 saturated heterocycles. The van der Waals surface area contributed by atoms with Crippen molar-refractivity contribution in [2.24, 2.45) is 17.3 Å². The van der Waals surface area contributed by atoms with Crippen LogP contribution in [0.1, 0.15) is 40.0 Å². The van der Waals surface area contributed by atoms with E-state index in [4.69, 9.17) is 9.47 Å². The maximum atomic E-state index is 11.9. The molecular formula is C13H24O3. The Morgan fingerprint density at radius 3 is 2.25 bits per heavy atom. The van der Waals surface area contributed by atoms with E-state index >= 15 is 0 Å². The largest absolute Gasteiger partial charge is 0.355 e. The number of hydrogen-bond acceptors (Lipinski definition) is 3. The Bertz CT molecular complexity index is 238. The van der Waals surface area contributed by atoms with Gasteiger partial charge in [0.25, 0.3) is 0 Å². The standard InChI is InChI=1S/C13H24O3/c1-13(2,3)9-6-7-11(14)10(8-9)12(15-4)16-5/h9-10,12H,6-8H2,1-5H3. The molecule has 0 aromatic heterocycles. The summed E-state index contributed by atoms with van der Waals surface area (Å²) in [4.78, 5) is 11.9. The van der Waals surface area contributed by atoms with Gasteiger partial charge in [-0.3, -0.25) is 4.79 Å². The van der Waals surface area contributed by atoms with Crippen LogP contribution in [-0.2, 0) is 14.3 Å². The third-order valence-corrected chi connectivity index (χ3v) is 3.71. The van der Waals surface area contributed by atoms with Gasteiger partial charge in [0.1, 0.15) is 5.78 Å². The second kappa shape index (κ2) is 5.28. The lowest BCUT2D eigenvalue weighted by Gasteiger charge is -2.38. The predicted molar refractivity (Wildman–Crippen MR) is 63.1 cm³/mol. The molecule has 0 spiro atoms. The predicted octanol–water partition coefficient (Wildman–Crippen LogP) is 2.64. The number of ketones is 1. The summed E-state index contributed by atoms with van der Waals surface area (Å²) in [5, 5.41) is 0. The SMILES string of the molecule is COC(OC)C1CC(C(C)(C)C)CCC1=O. The summed E-state index contributed by atoms with van der Waals surface area (Å²) in [6.45, 7) is 6.71. The molecule has 1 rings (SSSR count). The molecule has 1 fully saturated rings. The van der Waals surface area contributed by atoms with E-state index in [1.54, 1.807) is 14.2 Å². The highest BCUT2D eigenvalue weighted by molar-refractivity contribution is 5.82. The highest BCUT2D eigenvalue weighted by Gasteiger charge is 2.38. The van der Waals surface area contributed by atoms with E-state index < -0.39 is 0 Å². The van der Waals surface area contributed by atoms with Crippen LogP contribution in [-0.4, -0.2) is 26.3 Å². The summed E-state index contributed by atoms with van der Waals surface area (Å²) in [5.74, 6) is 0.769. The monoisotopic (exact) mass is 228 g/mol. The average Bonchev–Trinajstić information content (AvgIpc) is 2.20. The summed E-state index contributed by atoms with van der Waals surface area (Å²) < 4.78 is 10.5. The first-order valence-corrected chi connectivity index (χ1v) is 5.98. The maximum Gasteiger partial charge on any atom is 0.166 e. The average molecular weight is 228 g/mol. The first-order chi connectivity index (χ1) is 7.40. The van der Waals surface area contributed by atoms with Gasteiger partial charge in [-0.1, -0.05) is 20.8 Å². The molecule has 94 valence electrons. The van der Waals surface area contributed by atoms with Crippen molar-refractivity contribution in [1.82, 2.24) is 0 Å². The molecule has 1 aliphatic rings. The third kappa shape index (κ3) is 3.05. The van der Waals surface area contributed by atoms with E-state index in [1.165, 1.54) is 0 Å². The Hall–Kier alpha value is -0.410. The van der Waals surface area contributed by atoms with Crippen LogP contribution in [0.15, 0.2) is 0 Å². The van der Waals surface area contributed by atoms with Crippen molar-refractivity contribution >= 4 is 5.78 Å². The van der Waals surface area contributed by atoms with Crippen LogP contribution in [0, 0.1) is 17.3 Å². The van der Waals surface area contributed by atoms with Gasteiger partial charge in [0, 0.05) is 20.6 Å². The number of ether oxygens (including phenoxy) is 2. The summed E-state index contributed by atoms with van der Waals surface area (Å²) in [6, 6.07) is 0. The highest BCUT2D eigenvalue weighted by Crippen LogP contribution is 2.40. The molecule has 0 aliphatic heterocycles. The Kier molecular flexibility index (Phi) is 4.51. The van der Waals surface area contributed by atoms with Crippen LogP contribution in [0.4, 0.5) is 0 Å². The maximum absolute atomic E-state index is 11.9. The molecule has 1 saturated carbocycles. The number of carbonyl (C=O) groups excluding carboxylic acids is 1. The fraction of sp³-hybridized carbons (Fsp3) is 0.923. The van der Waals surface area contributed by atoms with E-state index in [1.807, 2.05) is 0 Å². The number of carbonyl (C=O) groups is 1. The zero-order valence-corrected chi connectivity index (χ0v) is 11.1. The van der Waals surface area contributed by atoms with Crippen LogP contribution in [0.25, 0.3) is 0 Å². The van der Waals surface area contributed by atoms with E-state index in [0.717, 1.165) is 12.8 Å². The molecule has 0 N–H and O–H groups in total. The van der Waals surface area contributed by atoms with Crippen molar-refractivity contribution < 1.29 is 14.3 Å². The molecule has 3 nitrogen and oxygen atoms in total. The van der Waals surface area contributed by atoms with Crippen molar-refractivity contribution in [1.29, 1.82) is 0 Å². The van der Waals surface area contributed by atoms with Gasteiger partial charge in [0.05, 0.1) is 5.92 Å². The lowest BCUT2D eigenvalue weighted by molar-refractivity contribution is -0.165. The minimum absolute atomic E-state index is 0.0898. The topological polar surface area (TPSA) is 35.5 Å². The van der Waals surface area contributed by atoms with Gasteiger partial charge >= 0.3 is 0 Å². The van der Waals surface area contributed by atoms with Gasteiger partial charge in [-0.25, -0.2) is 0 Å². The Balaban J connectivity index is 2.72. The van der Waals surface area contributed by atoms with Crippen LogP contribution < -0.4 is 0 Å². The van der Waals surface area contributed by atoms with Crippen LogP contribution >= 0.6 is 0 Å². The van der Waals surface area contributed by atoms with Crippen molar-refractivity contribution in [3.05, 3.63) is 0 Å². The first-order valence-electron chi connectivity index (χ1n) is 5.98. The molecule has 0 amide bonds. The van der Waals surface area contributed by atoms with Gasteiger partial charge in [-0.05, 0) is 24.2 Å². The number of rotatable bonds is 3. The van der Waals surface area contributed by atoms with E-state index in [9.17, 15) is 4.79 Å². The van der Waals surface area contributed by atoms with Gasteiger partial charge in [-0.2, -0.15) is 0 Å². The number of Topliss-reactive ketones (excluding diaryl/α,β-unsaturated/α-hetero) is 1. The summed E-state index contributed by atoms with van der Waals surface area (Å²) in [7, 11) is 3.20. The van der Waals surface area contributed by atoms with E-state index in [0.29, 0.717) is 12.3 Å². The molecule has 0 bridgehead atoms. The first kappa shape index (κ1) is 13.7. The second-order valence-corrected chi connectivity index (χ2v) is 5.75. The molecule has 16 heavy (non-hydrogen) atoms. The molecule has 0 aromatic carbocycles. The number of hydrogen-bond donors (Lipinski definition) is 0. The van der Waals surface area contributed by atoms with Gasteiger partial charge in [-0.15, -0.1) is 0 Å². The molecular weight excluding hydrogens is 204 g/mol. The zero-order chi connectivity index (χ0) is 12.3. The summed E-state index contributed by atoms with van der Waals surface area (Å²) >= 11 is 0. The van der Waals surface area contributed by atoms with Crippen LogP contribution in [0.3, 0.4) is 0 Å². The molecule has 2 unspecified atom stereocenters. The van der Waals surface area contributed by atoms with Crippen LogP contribution in [0.5, 0.6) is 0 Å². The van der Waals surface area contributed by atoms with E-state index in [-0.39, 0.29) is 23.4 Å². The smallest absolute Gasteiger partial charge is 0.166 e. The number of methoxy groups -OCH3 is 2. The fourth-order valence-electron chi connectivity index (χ4n) is 2.53. The second-order valence-electron chi connectivity index (χ2n) is 5.75. The normalized spacial score (nSPS) is 27.5. The Morgan fingerprint density at radius 1 is 1.25 bits per heavy atom. The quantitative estimate of drug-likeness (QED) is 0.697.